The molecule has 0 spiro atoms. The largest absolute Gasteiger partial charge is 0.489 e. The van der Waals surface area contributed by atoms with Crippen LogP contribution < -0.4 is 4.74 Å². The van der Waals surface area contributed by atoms with Gasteiger partial charge in [0.25, 0.3) is 0 Å². The molecule has 1 aliphatic carbocycles. The van der Waals surface area contributed by atoms with E-state index in [2.05, 4.69) is 18.2 Å². The van der Waals surface area contributed by atoms with Crippen molar-refractivity contribution in [2.45, 2.75) is 32.0 Å². The topological polar surface area (TPSA) is 29.5 Å². The maximum Gasteiger partial charge on any atom is 0.119 e. The van der Waals surface area contributed by atoms with Crippen LogP contribution in [-0.2, 0) is 19.4 Å². The Labute approximate surface area is 148 Å². The van der Waals surface area contributed by atoms with Gasteiger partial charge < -0.3 is 9.84 Å². The van der Waals surface area contributed by atoms with Crippen LogP contribution in [0.15, 0.2) is 72.8 Å². The molecule has 1 atom stereocenters. The molecule has 3 aromatic rings. The molecule has 0 aliphatic heterocycles. The van der Waals surface area contributed by atoms with Gasteiger partial charge in [0.05, 0.1) is 0 Å². The quantitative estimate of drug-likeness (QED) is 0.725. The number of benzene rings is 3. The minimum Gasteiger partial charge on any atom is -0.489 e. The molecule has 0 saturated carbocycles. The first-order valence-corrected chi connectivity index (χ1v) is 8.86. The Morgan fingerprint density at radius 3 is 2.32 bits per heavy atom. The van der Waals surface area contributed by atoms with Crippen LogP contribution in [0.5, 0.6) is 5.75 Å². The van der Waals surface area contributed by atoms with Gasteiger partial charge >= 0.3 is 0 Å². The van der Waals surface area contributed by atoms with Gasteiger partial charge in [0.15, 0.2) is 0 Å². The molecule has 1 N–H and O–H groups in total. The van der Waals surface area contributed by atoms with E-state index in [-0.39, 0.29) is 0 Å². The van der Waals surface area contributed by atoms with E-state index in [4.69, 9.17) is 4.74 Å². The van der Waals surface area contributed by atoms with Crippen molar-refractivity contribution in [2.24, 2.45) is 0 Å². The Morgan fingerprint density at radius 1 is 0.800 bits per heavy atom. The number of fused-ring (bicyclic) bond motifs is 1. The molecule has 2 heteroatoms. The third kappa shape index (κ3) is 3.59. The van der Waals surface area contributed by atoms with Crippen LogP contribution >= 0.6 is 0 Å². The Bertz CT molecular complexity index is 838. The van der Waals surface area contributed by atoms with Crippen LogP contribution in [0.2, 0.25) is 0 Å². The van der Waals surface area contributed by atoms with Crippen LogP contribution in [0.25, 0.3) is 0 Å². The van der Waals surface area contributed by atoms with Crippen molar-refractivity contribution < 1.29 is 9.84 Å². The second-order valence-electron chi connectivity index (χ2n) is 6.63. The first-order chi connectivity index (χ1) is 12.3. The molecule has 2 nitrogen and oxygen atoms in total. The molecule has 0 amide bonds. The predicted molar refractivity (Wildman–Crippen MR) is 99.7 cm³/mol. The van der Waals surface area contributed by atoms with Gasteiger partial charge in [-0.1, -0.05) is 60.7 Å². The van der Waals surface area contributed by atoms with E-state index in [9.17, 15) is 5.11 Å². The molecule has 3 aromatic carbocycles. The number of rotatable bonds is 5. The van der Waals surface area contributed by atoms with Crippen molar-refractivity contribution in [3.8, 4) is 5.75 Å². The summed E-state index contributed by atoms with van der Waals surface area (Å²) in [6, 6.07) is 24.2. The number of hydrogen-bond donors (Lipinski definition) is 1. The van der Waals surface area contributed by atoms with Crippen LogP contribution in [0.1, 0.15) is 40.3 Å². The summed E-state index contributed by atoms with van der Waals surface area (Å²) in [7, 11) is 0. The smallest absolute Gasteiger partial charge is 0.119 e. The lowest BCUT2D eigenvalue weighted by atomic mass is 9.98. The molecule has 1 unspecified atom stereocenters. The van der Waals surface area contributed by atoms with E-state index >= 15 is 0 Å². The highest BCUT2D eigenvalue weighted by molar-refractivity contribution is 5.40. The SMILES string of the molecule is OC(c1ccc(OCc2ccccc2)cc1)c1ccc2c(c1)CCC2. The summed E-state index contributed by atoms with van der Waals surface area (Å²) in [5.74, 6) is 0.814. The second kappa shape index (κ2) is 7.12. The highest BCUT2D eigenvalue weighted by atomic mass is 16.5. The van der Waals surface area contributed by atoms with Crippen LogP contribution in [0.3, 0.4) is 0 Å². The van der Waals surface area contributed by atoms with Crippen molar-refractivity contribution >= 4 is 0 Å². The highest BCUT2D eigenvalue weighted by Crippen LogP contribution is 2.29. The number of aryl methyl sites for hydroxylation is 2. The maximum atomic E-state index is 10.7. The Morgan fingerprint density at radius 2 is 1.52 bits per heavy atom. The molecule has 0 aromatic heterocycles. The van der Waals surface area contributed by atoms with Crippen LogP contribution in [0.4, 0.5) is 0 Å². The van der Waals surface area contributed by atoms with Gasteiger partial charge in [-0.05, 0) is 59.2 Å². The summed E-state index contributed by atoms with van der Waals surface area (Å²) in [5.41, 5.74) is 5.83. The van der Waals surface area contributed by atoms with Crippen molar-refractivity contribution in [3.63, 3.8) is 0 Å². The van der Waals surface area contributed by atoms with E-state index in [0.717, 1.165) is 28.9 Å². The van der Waals surface area contributed by atoms with Gasteiger partial charge in [0.2, 0.25) is 0 Å². The molecule has 126 valence electrons. The molecule has 4 rings (SSSR count). The van der Waals surface area contributed by atoms with E-state index in [1.54, 1.807) is 0 Å². The Kier molecular flexibility index (Phi) is 4.53. The predicted octanol–water partition coefficient (Wildman–Crippen LogP) is 4.84. The van der Waals surface area contributed by atoms with Crippen molar-refractivity contribution in [3.05, 3.63) is 101 Å². The van der Waals surface area contributed by atoms with Gasteiger partial charge in [-0.25, -0.2) is 0 Å². The third-order valence-corrected chi connectivity index (χ3v) is 4.88. The zero-order valence-corrected chi connectivity index (χ0v) is 14.2. The minimum absolute atomic E-state index is 0.549. The lowest BCUT2D eigenvalue weighted by Crippen LogP contribution is -2.01. The van der Waals surface area contributed by atoms with E-state index in [1.807, 2.05) is 54.6 Å². The van der Waals surface area contributed by atoms with Crippen LogP contribution in [-0.4, -0.2) is 5.11 Å². The van der Waals surface area contributed by atoms with Gasteiger partial charge in [0.1, 0.15) is 18.5 Å². The van der Waals surface area contributed by atoms with Crippen molar-refractivity contribution in [1.82, 2.24) is 0 Å². The third-order valence-electron chi connectivity index (χ3n) is 4.88. The van der Waals surface area contributed by atoms with Crippen molar-refractivity contribution in [2.75, 3.05) is 0 Å². The van der Waals surface area contributed by atoms with Crippen molar-refractivity contribution in [1.29, 1.82) is 0 Å². The fraction of sp³-hybridized carbons (Fsp3) is 0.217. The number of ether oxygens (including phenoxy) is 1. The zero-order chi connectivity index (χ0) is 17.1. The molecular formula is C23H22O2. The molecule has 1 aliphatic rings. The van der Waals surface area contributed by atoms with E-state index in [1.165, 1.54) is 24.0 Å². The first-order valence-electron chi connectivity index (χ1n) is 8.86. The molecule has 0 radical (unpaired) electrons. The fourth-order valence-electron chi connectivity index (χ4n) is 3.44. The average molecular weight is 330 g/mol. The highest BCUT2D eigenvalue weighted by Gasteiger charge is 2.15. The molecule has 0 saturated heterocycles. The lowest BCUT2D eigenvalue weighted by Gasteiger charge is -2.14. The van der Waals surface area contributed by atoms with Gasteiger partial charge in [-0.3, -0.25) is 0 Å². The standard InChI is InChI=1S/C23H22O2/c24-23(21-10-9-18-7-4-8-20(18)15-21)19-11-13-22(14-12-19)25-16-17-5-2-1-3-6-17/h1-3,5-6,9-15,23-24H,4,7-8,16H2. The Hall–Kier alpha value is -2.58. The zero-order valence-electron chi connectivity index (χ0n) is 14.2. The number of aliphatic hydroxyl groups is 1. The van der Waals surface area contributed by atoms with Gasteiger partial charge in [0, 0.05) is 0 Å². The molecule has 0 bridgehead atoms. The number of aliphatic hydroxyl groups excluding tert-OH is 1. The van der Waals surface area contributed by atoms with E-state index < -0.39 is 6.10 Å². The summed E-state index contributed by atoms with van der Waals surface area (Å²) in [4.78, 5) is 0. The van der Waals surface area contributed by atoms with E-state index in [0.29, 0.717) is 6.61 Å². The second-order valence-corrected chi connectivity index (χ2v) is 6.63. The summed E-state index contributed by atoms with van der Waals surface area (Å²) in [6.45, 7) is 0.549. The average Bonchev–Trinajstić information content (AvgIpc) is 3.15. The summed E-state index contributed by atoms with van der Waals surface area (Å²) < 4.78 is 5.81. The maximum absolute atomic E-state index is 10.7. The summed E-state index contributed by atoms with van der Waals surface area (Å²) >= 11 is 0. The fourth-order valence-corrected chi connectivity index (χ4v) is 3.44. The summed E-state index contributed by atoms with van der Waals surface area (Å²) in [6.07, 6.45) is 2.93. The molecule has 25 heavy (non-hydrogen) atoms. The Balaban J connectivity index is 1.44. The monoisotopic (exact) mass is 330 g/mol. The van der Waals surface area contributed by atoms with Gasteiger partial charge in [-0.2, -0.15) is 0 Å². The van der Waals surface area contributed by atoms with Gasteiger partial charge in [-0.15, -0.1) is 0 Å². The molecule has 0 fully saturated rings. The van der Waals surface area contributed by atoms with Crippen LogP contribution in [0, 0.1) is 0 Å². The number of hydrogen-bond acceptors (Lipinski definition) is 2. The first kappa shape index (κ1) is 15.9. The minimum atomic E-state index is -0.589. The molecule has 0 heterocycles. The molecular weight excluding hydrogens is 308 g/mol. The summed E-state index contributed by atoms with van der Waals surface area (Å²) in [5, 5.41) is 10.7. The normalized spacial score (nSPS) is 14.1. The lowest BCUT2D eigenvalue weighted by molar-refractivity contribution is 0.220.